The van der Waals surface area contributed by atoms with Crippen molar-refractivity contribution in [1.82, 2.24) is 9.80 Å². The predicted molar refractivity (Wildman–Crippen MR) is 230 cm³/mol. The molecule has 1 amide bonds. The van der Waals surface area contributed by atoms with Gasteiger partial charge >= 0.3 is 12.1 Å². The van der Waals surface area contributed by atoms with Crippen LogP contribution in [0.2, 0.25) is 0 Å². The van der Waals surface area contributed by atoms with Crippen molar-refractivity contribution >= 4 is 12.1 Å². The highest BCUT2D eigenvalue weighted by atomic mass is 16.7. The second kappa shape index (κ2) is 43.7. The molecule has 55 heavy (non-hydrogen) atoms. The number of hydrogen-bond donors (Lipinski definition) is 1. The van der Waals surface area contributed by atoms with E-state index in [4.69, 9.17) is 18.9 Å². The summed E-state index contributed by atoms with van der Waals surface area (Å²) in [6, 6.07) is 0. The SMILES string of the molecule is CCCCCCCCN(CCCCCC)C(=O)OCCCCCCN(CCCO)CCCCOC(=O)CCC(OCCCCCCC)OCCCCCCC. The monoisotopic (exact) mass is 785 g/mol. The Hall–Kier alpha value is -1.42. The number of aliphatic hydroxyl groups excluding tert-OH is 1. The fraction of sp³-hybridized carbons (Fsp3) is 0.957. The molecule has 0 aliphatic carbocycles. The Balaban J connectivity index is 4.34. The third kappa shape index (κ3) is 37.9. The second-order valence-electron chi connectivity index (χ2n) is 15.7. The van der Waals surface area contributed by atoms with Gasteiger partial charge in [-0.1, -0.05) is 143 Å². The summed E-state index contributed by atoms with van der Waals surface area (Å²) in [4.78, 5) is 29.8. The zero-order chi connectivity index (χ0) is 40.3. The smallest absolute Gasteiger partial charge is 0.409 e. The highest BCUT2D eigenvalue weighted by Gasteiger charge is 2.15. The molecule has 0 unspecified atom stereocenters. The molecule has 9 heteroatoms. The van der Waals surface area contributed by atoms with Gasteiger partial charge < -0.3 is 33.9 Å². The molecule has 0 saturated carbocycles. The van der Waals surface area contributed by atoms with Gasteiger partial charge in [-0.05, 0) is 70.9 Å². The van der Waals surface area contributed by atoms with E-state index in [1.54, 1.807) is 0 Å². The van der Waals surface area contributed by atoms with Crippen LogP contribution in [0.1, 0.15) is 214 Å². The van der Waals surface area contributed by atoms with E-state index in [0.717, 1.165) is 103 Å². The first-order valence-electron chi connectivity index (χ1n) is 23.7. The molecule has 0 aliphatic heterocycles. The molecule has 0 aromatic heterocycles. The molecular weight excluding hydrogens is 693 g/mol. The van der Waals surface area contributed by atoms with Gasteiger partial charge in [0.15, 0.2) is 6.29 Å². The number of nitrogens with zero attached hydrogens (tertiary/aromatic N) is 2. The van der Waals surface area contributed by atoms with E-state index in [1.165, 1.54) is 103 Å². The van der Waals surface area contributed by atoms with E-state index in [-0.39, 0.29) is 25.0 Å². The highest BCUT2D eigenvalue weighted by molar-refractivity contribution is 5.69. The van der Waals surface area contributed by atoms with Crippen LogP contribution in [0.5, 0.6) is 0 Å². The fourth-order valence-corrected chi connectivity index (χ4v) is 6.77. The molecular formula is C46H92N2O7. The number of amides is 1. The minimum Gasteiger partial charge on any atom is -0.466 e. The van der Waals surface area contributed by atoms with Crippen LogP contribution in [0.15, 0.2) is 0 Å². The normalized spacial score (nSPS) is 11.5. The van der Waals surface area contributed by atoms with Gasteiger partial charge in [0.25, 0.3) is 0 Å². The third-order valence-corrected chi connectivity index (χ3v) is 10.4. The van der Waals surface area contributed by atoms with Crippen molar-refractivity contribution in [1.29, 1.82) is 0 Å². The Labute approximate surface area is 340 Å². The van der Waals surface area contributed by atoms with Crippen LogP contribution in [-0.4, -0.2) is 99.0 Å². The van der Waals surface area contributed by atoms with E-state index in [1.807, 2.05) is 4.90 Å². The van der Waals surface area contributed by atoms with Gasteiger partial charge in [0.05, 0.1) is 19.6 Å². The molecule has 0 aromatic carbocycles. The lowest BCUT2D eigenvalue weighted by atomic mass is 10.1. The maximum absolute atomic E-state index is 12.9. The number of rotatable bonds is 44. The van der Waals surface area contributed by atoms with Crippen molar-refractivity contribution in [2.75, 3.05) is 65.8 Å². The molecule has 328 valence electrons. The lowest BCUT2D eigenvalue weighted by Gasteiger charge is -2.22. The number of carbonyl (C=O) groups is 2. The van der Waals surface area contributed by atoms with Crippen molar-refractivity contribution in [3.63, 3.8) is 0 Å². The summed E-state index contributed by atoms with van der Waals surface area (Å²) in [6.07, 6.45) is 30.9. The van der Waals surface area contributed by atoms with Gasteiger partial charge in [-0.2, -0.15) is 0 Å². The maximum Gasteiger partial charge on any atom is 0.409 e. The number of aliphatic hydroxyl groups is 1. The largest absolute Gasteiger partial charge is 0.466 e. The van der Waals surface area contributed by atoms with Crippen LogP contribution in [-0.2, 0) is 23.7 Å². The van der Waals surface area contributed by atoms with Gasteiger partial charge in [-0.25, -0.2) is 4.79 Å². The standard InChI is InChI=1S/C46H92N2O7/c1-5-9-13-17-18-25-38-48(37-24-16-12-8-4)46(51)55-43-29-22-19-23-34-47(36-31-39-49)35-26-30-40-52-44(50)32-33-45(53-41-27-20-14-10-6-2)54-42-28-21-15-11-7-3/h45,49H,5-43H2,1-4H3. The Morgan fingerprint density at radius 2 is 0.836 bits per heavy atom. The quantitative estimate of drug-likeness (QED) is 0.0370. The molecule has 9 nitrogen and oxygen atoms in total. The van der Waals surface area contributed by atoms with Crippen LogP contribution in [0, 0.1) is 0 Å². The molecule has 0 aromatic rings. The van der Waals surface area contributed by atoms with E-state index < -0.39 is 0 Å². The summed E-state index contributed by atoms with van der Waals surface area (Å²) >= 11 is 0. The minimum atomic E-state index is -0.338. The Kier molecular flexibility index (Phi) is 42.6. The van der Waals surface area contributed by atoms with Crippen LogP contribution < -0.4 is 0 Å². The second-order valence-corrected chi connectivity index (χ2v) is 15.7. The topological polar surface area (TPSA) is 97.8 Å². The number of hydrogen-bond acceptors (Lipinski definition) is 8. The Morgan fingerprint density at radius 1 is 0.455 bits per heavy atom. The van der Waals surface area contributed by atoms with Crippen LogP contribution in [0.25, 0.3) is 0 Å². The van der Waals surface area contributed by atoms with Crippen molar-refractivity contribution in [3.05, 3.63) is 0 Å². The van der Waals surface area contributed by atoms with Crippen LogP contribution in [0.4, 0.5) is 4.79 Å². The summed E-state index contributed by atoms with van der Waals surface area (Å²) < 4.78 is 23.4. The van der Waals surface area contributed by atoms with Gasteiger partial charge in [-0.15, -0.1) is 0 Å². The van der Waals surface area contributed by atoms with Crippen LogP contribution in [0.3, 0.4) is 0 Å². The summed E-state index contributed by atoms with van der Waals surface area (Å²) in [5.41, 5.74) is 0. The zero-order valence-electron chi connectivity index (χ0n) is 36.9. The first-order chi connectivity index (χ1) is 27.0. The summed E-state index contributed by atoms with van der Waals surface area (Å²) in [5.74, 6) is -0.177. The highest BCUT2D eigenvalue weighted by Crippen LogP contribution is 2.13. The molecule has 0 fully saturated rings. The van der Waals surface area contributed by atoms with Crippen molar-refractivity contribution in [2.24, 2.45) is 0 Å². The molecule has 0 aliphatic rings. The molecule has 0 radical (unpaired) electrons. The lowest BCUT2D eigenvalue weighted by molar-refractivity contribution is -0.159. The van der Waals surface area contributed by atoms with Crippen molar-refractivity contribution in [2.45, 2.75) is 220 Å². The van der Waals surface area contributed by atoms with E-state index in [2.05, 4.69) is 32.6 Å². The lowest BCUT2D eigenvalue weighted by Crippen LogP contribution is -2.33. The number of ether oxygens (including phenoxy) is 4. The summed E-state index contributed by atoms with van der Waals surface area (Å²) in [7, 11) is 0. The molecule has 0 saturated heterocycles. The van der Waals surface area contributed by atoms with Gasteiger partial charge in [0.1, 0.15) is 0 Å². The number of esters is 1. The Morgan fingerprint density at radius 3 is 1.36 bits per heavy atom. The zero-order valence-corrected chi connectivity index (χ0v) is 36.9. The van der Waals surface area contributed by atoms with E-state index in [9.17, 15) is 14.7 Å². The van der Waals surface area contributed by atoms with Crippen molar-refractivity contribution in [3.8, 4) is 0 Å². The van der Waals surface area contributed by atoms with E-state index in [0.29, 0.717) is 39.3 Å². The number of carbonyl (C=O) groups excluding carboxylic acids is 2. The fourth-order valence-electron chi connectivity index (χ4n) is 6.77. The summed E-state index contributed by atoms with van der Waals surface area (Å²) in [5, 5.41) is 9.43. The maximum atomic E-state index is 12.9. The Bertz CT molecular complexity index is 786. The van der Waals surface area contributed by atoms with Gasteiger partial charge in [0.2, 0.25) is 0 Å². The third-order valence-electron chi connectivity index (χ3n) is 10.4. The van der Waals surface area contributed by atoms with Gasteiger partial charge in [-0.3, -0.25) is 4.79 Å². The molecule has 0 spiro atoms. The molecule has 0 rings (SSSR count). The average molecular weight is 785 g/mol. The first kappa shape index (κ1) is 53.6. The predicted octanol–water partition coefficient (Wildman–Crippen LogP) is 12.0. The van der Waals surface area contributed by atoms with Crippen molar-refractivity contribution < 1.29 is 33.6 Å². The molecule has 0 atom stereocenters. The molecule has 0 heterocycles. The first-order valence-corrected chi connectivity index (χ1v) is 23.7. The number of unbranched alkanes of at least 4 members (excludes halogenated alkanes) is 20. The average Bonchev–Trinajstić information content (AvgIpc) is 3.19. The van der Waals surface area contributed by atoms with E-state index >= 15 is 0 Å². The van der Waals surface area contributed by atoms with Gasteiger partial charge in [0, 0.05) is 45.9 Å². The molecule has 1 N–H and O–H groups in total. The summed E-state index contributed by atoms with van der Waals surface area (Å²) in [6.45, 7) is 15.8. The minimum absolute atomic E-state index is 0.134. The molecule has 0 bridgehead atoms. The van der Waals surface area contributed by atoms with Crippen LogP contribution >= 0.6 is 0 Å².